The van der Waals surface area contributed by atoms with Crippen LogP contribution in [0.2, 0.25) is 0 Å². The van der Waals surface area contributed by atoms with E-state index in [0.29, 0.717) is 0 Å². The number of nitrogens with zero attached hydrogens (tertiary/aromatic N) is 1. The summed E-state index contributed by atoms with van der Waals surface area (Å²) >= 11 is 0. The van der Waals surface area contributed by atoms with Crippen LogP contribution < -0.4 is 4.90 Å². The van der Waals surface area contributed by atoms with Crippen LogP contribution in [0.25, 0.3) is 44.5 Å². The lowest BCUT2D eigenvalue weighted by Gasteiger charge is -2.33. The first-order valence-electron chi connectivity index (χ1n) is 20.7. The minimum absolute atomic E-state index is 0.297. The molecule has 0 N–H and O–H groups in total. The van der Waals surface area contributed by atoms with Gasteiger partial charge in [0.1, 0.15) is 0 Å². The molecule has 59 heavy (non-hydrogen) atoms. The average molecular weight is 754 g/mol. The second-order valence-corrected chi connectivity index (χ2v) is 16.3. The fourth-order valence-corrected chi connectivity index (χ4v) is 10.3. The summed E-state index contributed by atoms with van der Waals surface area (Å²) in [5.74, 6) is 0. The maximum Gasteiger partial charge on any atom is 0.0540 e. The van der Waals surface area contributed by atoms with Gasteiger partial charge in [0.2, 0.25) is 0 Å². The van der Waals surface area contributed by atoms with Gasteiger partial charge in [-0.15, -0.1) is 0 Å². The quantitative estimate of drug-likeness (QED) is 0.157. The number of anilines is 3. The van der Waals surface area contributed by atoms with Crippen LogP contribution in [-0.4, -0.2) is 0 Å². The van der Waals surface area contributed by atoms with Crippen molar-refractivity contribution >= 4 is 17.1 Å². The number of fused-ring (bicyclic) bond motifs is 6. The monoisotopic (exact) mass is 753 g/mol. The second kappa shape index (κ2) is 13.7. The van der Waals surface area contributed by atoms with E-state index in [4.69, 9.17) is 0 Å². The van der Waals surface area contributed by atoms with Crippen molar-refractivity contribution < 1.29 is 0 Å². The van der Waals surface area contributed by atoms with Gasteiger partial charge in [0, 0.05) is 27.6 Å². The minimum Gasteiger partial charge on any atom is -0.309 e. The number of hydrogen-bond acceptors (Lipinski definition) is 1. The van der Waals surface area contributed by atoms with Gasteiger partial charge in [0.25, 0.3) is 0 Å². The summed E-state index contributed by atoms with van der Waals surface area (Å²) in [7, 11) is 0. The van der Waals surface area contributed by atoms with Gasteiger partial charge in [0.05, 0.1) is 11.4 Å². The lowest BCUT2D eigenvalue weighted by atomic mass is 9.74. The molecular weight excluding hydrogens is 711 g/mol. The summed E-state index contributed by atoms with van der Waals surface area (Å²) in [6.07, 6.45) is 0. The Hall–Kier alpha value is -7.22. The average Bonchev–Trinajstić information content (AvgIpc) is 3.73. The van der Waals surface area contributed by atoms with E-state index in [1.165, 1.54) is 77.9 Å². The Kier molecular flexibility index (Phi) is 8.13. The molecule has 0 aromatic heterocycles. The standard InChI is InChI=1S/C58H43N/c1-57(42-22-8-4-9-23-42)51-30-16-12-28-47(51)49-36-34-41(38-53(49)57)46-27-15-19-33-56(46)59(55-32-18-14-26-45(55)40-20-6-3-7-21-40)44-35-37-50-48-29-13-17-31-52(48)58(2,54(50)39-44)43-24-10-5-11-25-43/h3-39H,1-2H3. The SMILES string of the molecule is CC1(c2ccccc2)c2ccccc2-c2ccc(-c3ccccc3N(c3ccc4c(c3)C(C)(c3ccccc3)c3ccccc3-4)c3ccccc3-c3ccccc3)cc21. The Morgan fingerprint density at radius 3 is 1.22 bits per heavy atom. The van der Waals surface area contributed by atoms with Crippen molar-refractivity contribution in [3.63, 3.8) is 0 Å². The van der Waals surface area contributed by atoms with Crippen molar-refractivity contribution in [3.8, 4) is 44.5 Å². The fraction of sp³-hybridized carbons (Fsp3) is 0.0690. The zero-order valence-corrected chi connectivity index (χ0v) is 33.3. The molecule has 9 aromatic rings. The van der Waals surface area contributed by atoms with Crippen molar-refractivity contribution in [1.82, 2.24) is 0 Å². The Bertz CT molecular complexity index is 3020. The molecule has 0 radical (unpaired) electrons. The van der Waals surface area contributed by atoms with Crippen LogP contribution in [0.15, 0.2) is 224 Å². The lowest BCUT2D eigenvalue weighted by molar-refractivity contribution is 0.714. The number of rotatable bonds is 7. The number of hydrogen-bond donors (Lipinski definition) is 0. The van der Waals surface area contributed by atoms with E-state index in [9.17, 15) is 0 Å². The second-order valence-electron chi connectivity index (χ2n) is 16.3. The van der Waals surface area contributed by atoms with Crippen LogP contribution in [0.3, 0.4) is 0 Å². The minimum atomic E-state index is -0.329. The predicted molar refractivity (Wildman–Crippen MR) is 247 cm³/mol. The van der Waals surface area contributed by atoms with Gasteiger partial charge in [-0.25, -0.2) is 0 Å². The Morgan fingerprint density at radius 1 is 0.288 bits per heavy atom. The van der Waals surface area contributed by atoms with Crippen molar-refractivity contribution in [2.75, 3.05) is 4.90 Å². The van der Waals surface area contributed by atoms with Crippen molar-refractivity contribution in [2.24, 2.45) is 0 Å². The maximum absolute atomic E-state index is 2.50. The zero-order valence-electron chi connectivity index (χ0n) is 33.3. The van der Waals surface area contributed by atoms with E-state index in [1.54, 1.807) is 0 Å². The van der Waals surface area contributed by atoms with Gasteiger partial charge in [-0.3, -0.25) is 0 Å². The molecule has 2 atom stereocenters. The summed E-state index contributed by atoms with van der Waals surface area (Å²) in [6.45, 7) is 4.80. The molecule has 0 aliphatic heterocycles. The summed E-state index contributed by atoms with van der Waals surface area (Å²) in [5, 5.41) is 0. The Balaban J connectivity index is 1.15. The van der Waals surface area contributed by atoms with Crippen LogP contribution in [0.1, 0.15) is 47.2 Å². The van der Waals surface area contributed by atoms with E-state index in [1.807, 2.05) is 0 Å². The molecule has 1 nitrogen and oxygen atoms in total. The summed E-state index contributed by atoms with van der Waals surface area (Å²) in [4.78, 5) is 2.50. The molecule has 0 heterocycles. The Morgan fingerprint density at radius 2 is 0.678 bits per heavy atom. The molecule has 2 aliphatic carbocycles. The first-order valence-corrected chi connectivity index (χ1v) is 20.7. The first-order chi connectivity index (χ1) is 29.0. The fourth-order valence-electron chi connectivity index (χ4n) is 10.3. The smallest absolute Gasteiger partial charge is 0.0540 e. The lowest BCUT2D eigenvalue weighted by Crippen LogP contribution is -2.23. The molecule has 0 saturated carbocycles. The van der Waals surface area contributed by atoms with E-state index in [-0.39, 0.29) is 10.8 Å². The van der Waals surface area contributed by atoms with E-state index in [0.717, 1.165) is 17.1 Å². The maximum atomic E-state index is 2.50. The van der Waals surface area contributed by atoms with Crippen LogP contribution >= 0.6 is 0 Å². The molecule has 0 spiro atoms. The number of benzene rings is 9. The molecule has 11 rings (SSSR count). The van der Waals surface area contributed by atoms with E-state index < -0.39 is 0 Å². The zero-order chi connectivity index (χ0) is 39.6. The molecule has 0 bridgehead atoms. The normalized spacial score (nSPS) is 17.1. The summed E-state index contributed by atoms with van der Waals surface area (Å²) < 4.78 is 0. The molecule has 2 aliphatic rings. The molecule has 0 fully saturated rings. The van der Waals surface area contributed by atoms with Crippen LogP contribution in [-0.2, 0) is 10.8 Å². The van der Waals surface area contributed by atoms with Gasteiger partial charge >= 0.3 is 0 Å². The van der Waals surface area contributed by atoms with Gasteiger partial charge in [-0.05, 0) is 111 Å². The summed E-state index contributed by atoms with van der Waals surface area (Å²) in [5.41, 5.74) is 20.6. The van der Waals surface area contributed by atoms with Gasteiger partial charge in [-0.1, -0.05) is 194 Å². The van der Waals surface area contributed by atoms with Gasteiger partial charge in [0.15, 0.2) is 0 Å². The molecular formula is C58H43N. The molecule has 1 heteroatoms. The highest BCUT2D eigenvalue weighted by Gasteiger charge is 2.42. The van der Waals surface area contributed by atoms with Crippen molar-refractivity contribution in [1.29, 1.82) is 0 Å². The topological polar surface area (TPSA) is 3.24 Å². The van der Waals surface area contributed by atoms with E-state index in [2.05, 4.69) is 243 Å². The Labute approximate surface area is 347 Å². The van der Waals surface area contributed by atoms with Gasteiger partial charge in [-0.2, -0.15) is 0 Å². The van der Waals surface area contributed by atoms with Crippen LogP contribution in [0.4, 0.5) is 17.1 Å². The molecule has 280 valence electrons. The van der Waals surface area contributed by atoms with E-state index >= 15 is 0 Å². The predicted octanol–water partition coefficient (Wildman–Crippen LogP) is 15.2. The largest absolute Gasteiger partial charge is 0.309 e. The van der Waals surface area contributed by atoms with Gasteiger partial charge < -0.3 is 4.90 Å². The number of para-hydroxylation sites is 2. The third-order valence-corrected chi connectivity index (χ3v) is 13.3. The van der Waals surface area contributed by atoms with Crippen LogP contribution in [0.5, 0.6) is 0 Å². The summed E-state index contributed by atoms with van der Waals surface area (Å²) in [6, 6.07) is 82.9. The highest BCUT2D eigenvalue weighted by molar-refractivity contribution is 5.96. The molecule has 2 unspecified atom stereocenters. The molecule has 0 saturated heterocycles. The van der Waals surface area contributed by atoms with Crippen LogP contribution in [0, 0.1) is 0 Å². The molecule has 9 aromatic carbocycles. The molecule has 0 amide bonds. The third-order valence-electron chi connectivity index (χ3n) is 13.3. The first kappa shape index (κ1) is 35.0. The van der Waals surface area contributed by atoms with Crippen molar-refractivity contribution in [3.05, 3.63) is 258 Å². The highest BCUT2D eigenvalue weighted by Crippen LogP contribution is 2.56. The van der Waals surface area contributed by atoms with Crippen molar-refractivity contribution in [2.45, 2.75) is 24.7 Å². The highest BCUT2D eigenvalue weighted by atomic mass is 15.1. The third kappa shape index (κ3) is 5.31.